The fourth-order valence-electron chi connectivity index (χ4n) is 4.02. The molecule has 1 aliphatic rings. The minimum absolute atomic E-state index is 0.0925. The van der Waals surface area contributed by atoms with Crippen molar-refractivity contribution in [2.24, 2.45) is 5.41 Å². The van der Waals surface area contributed by atoms with Crippen molar-refractivity contribution in [1.29, 1.82) is 0 Å². The molecule has 35 heavy (non-hydrogen) atoms. The van der Waals surface area contributed by atoms with E-state index in [2.05, 4.69) is 10.2 Å². The normalized spacial score (nSPS) is 14.3. The number of non-ortho nitro benzene ring substituents is 1. The van der Waals surface area contributed by atoms with Gasteiger partial charge in [0, 0.05) is 48.7 Å². The molecule has 184 valence electrons. The number of hydrogen-bond donors (Lipinski definition) is 1. The van der Waals surface area contributed by atoms with Gasteiger partial charge in [0.05, 0.1) is 20.7 Å². The van der Waals surface area contributed by atoms with Gasteiger partial charge in [0.2, 0.25) is 5.91 Å². The van der Waals surface area contributed by atoms with Gasteiger partial charge in [0.25, 0.3) is 11.6 Å². The summed E-state index contributed by atoms with van der Waals surface area (Å²) in [5, 5.41) is 15.2. The van der Waals surface area contributed by atoms with Crippen LogP contribution < -0.4 is 10.2 Å². The summed E-state index contributed by atoms with van der Waals surface area (Å²) in [5.41, 5.74) is 0.795. The molecule has 1 fully saturated rings. The summed E-state index contributed by atoms with van der Waals surface area (Å²) in [5.74, 6) is -0.338. The van der Waals surface area contributed by atoms with E-state index in [0.29, 0.717) is 47.0 Å². The zero-order chi connectivity index (χ0) is 25.5. The highest BCUT2D eigenvalue weighted by Crippen LogP contribution is 2.40. The first kappa shape index (κ1) is 25.2. The summed E-state index contributed by atoms with van der Waals surface area (Å²) in [6.07, 6.45) is 0. The molecule has 0 atom stereocenters. The van der Waals surface area contributed by atoms with Crippen molar-refractivity contribution in [3.05, 3.63) is 61.4 Å². The van der Waals surface area contributed by atoms with Crippen LogP contribution in [-0.4, -0.2) is 47.8 Å². The Labute approximate surface area is 216 Å². The molecule has 2 amide bonds. The molecule has 0 spiro atoms. The van der Waals surface area contributed by atoms with Crippen LogP contribution in [0, 0.1) is 15.5 Å². The van der Waals surface area contributed by atoms with Crippen LogP contribution in [-0.2, 0) is 4.79 Å². The first-order chi connectivity index (χ1) is 16.5. The maximum absolute atomic E-state index is 12.9. The average molecular weight is 535 g/mol. The zero-order valence-corrected chi connectivity index (χ0v) is 21.8. The predicted octanol–water partition coefficient (Wildman–Crippen LogP) is 6.06. The molecule has 3 aromatic rings. The quantitative estimate of drug-likeness (QED) is 0.324. The van der Waals surface area contributed by atoms with E-state index in [0.717, 1.165) is 17.0 Å². The Morgan fingerprint density at radius 3 is 2.37 bits per heavy atom. The van der Waals surface area contributed by atoms with E-state index >= 15 is 0 Å². The second-order valence-corrected chi connectivity index (χ2v) is 11.1. The number of piperazine rings is 1. The Kier molecular flexibility index (Phi) is 6.95. The van der Waals surface area contributed by atoms with Gasteiger partial charge in [-0.2, -0.15) is 0 Å². The van der Waals surface area contributed by atoms with Gasteiger partial charge in [-0.1, -0.05) is 56.1 Å². The summed E-state index contributed by atoms with van der Waals surface area (Å²) < 4.78 is 0.352. The molecule has 0 saturated carbocycles. The van der Waals surface area contributed by atoms with E-state index in [1.807, 2.05) is 31.7 Å². The van der Waals surface area contributed by atoms with E-state index in [-0.39, 0.29) is 21.5 Å². The maximum Gasteiger partial charge on any atom is 0.287 e. The van der Waals surface area contributed by atoms with E-state index < -0.39 is 16.2 Å². The highest BCUT2D eigenvalue weighted by atomic mass is 35.5. The summed E-state index contributed by atoms with van der Waals surface area (Å²) in [6, 6.07) is 9.81. The number of nitro groups is 1. The Hall–Kier alpha value is -2.88. The van der Waals surface area contributed by atoms with Crippen LogP contribution in [0.25, 0.3) is 10.1 Å². The third-order valence-electron chi connectivity index (χ3n) is 5.79. The third-order valence-corrected chi connectivity index (χ3v) is 7.83. The minimum atomic E-state index is -0.492. The number of anilines is 2. The molecule has 0 radical (unpaired) electrons. The third kappa shape index (κ3) is 5.07. The number of fused-ring (bicyclic) bond motifs is 1. The SMILES string of the molecule is CC(C)(C)C(=O)N1CCN(c2ccc(NC(=O)c3sc4c([N+](=O)[O-])cccc4c3Cl)cc2Cl)CC1. The molecule has 0 bridgehead atoms. The van der Waals surface area contributed by atoms with Gasteiger partial charge in [-0.15, -0.1) is 11.3 Å². The first-order valence-electron chi connectivity index (χ1n) is 11.0. The van der Waals surface area contributed by atoms with E-state index in [4.69, 9.17) is 23.2 Å². The van der Waals surface area contributed by atoms with E-state index in [1.165, 1.54) is 12.1 Å². The van der Waals surface area contributed by atoms with Gasteiger partial charge in [0.15, 0.2) is 0 Å². The number of rotatable bonds is 4. The highest BCUT2D eigenvalue weighted by molar-refractivity contribution is 7.22. The number of halogens is 2. The van der Waals surface area contributed by atoms with Crippen molar-refractivity contribution in [1.82, 2.24) is 4.90 Å². The molecular formula is C24H24Cl2N4O4S. The van der Waals surface area contributed by atoms with Crippen molar-refractivity contribution >= 4 is 73.5 Å². The fraction of sp³-hybridized carbons (Fsp3) is 0.333. The number of carbonyl (C=O) groups excluding carboxylic acids is 2. The largest absolute Gasteiger partial charge is 0.367 e. The number of nitrogens with one attached hydrogen (secondary N) is 1. The van der Waals surface area contributed by atoms with Crippen LogP contribution in [0.4, 0.5) is 17.1 Å². The number of nitrogens with zero attached hydrogens (tertiary/aromatic N) is 3. The lowest BCUT2D eigenvalue weighted by Crippen LogP contribution is -2.51. The van der Waals surface area contributed by atoms with E-state index in [9.17, 15) is 19.7 Å². The number of thiophene rings is 1. The Balaban J connectivity index is 1.48. The summed E-state index contributed by atoms with van der Waals surface area (Å²) >= 11 is 13.9. The summed E-state index contributed by atoms with van der Waals surface area (Å²) in [7, 11) is 0. The van der Waals surface area contributed by atoms with Crippen molar-refractivity contribution in [3.8, 4) is 0 Å². The van der Waals surface area contributed by atoms with Crippen LogP contribution in [0.15, 0.2) is 36.4 Å². The summed E-state index contributed by atoms with van der Waals surface area (Å²) in [6.45, 7) is 8.28. The standard InChI is InChI=1S/C24H24Cl2N4O4S/c1-24(2,3)23(32)29-11-9-28(10-12-29)17-8-7-14(13-16(17)25)27-22(31)21-19(26)15-5-4-6-18(30(33)34)20(15)35-21/h4-8,13H,9-12H2,1-3H3,(H,27,31). The minimum Gasteiger partial charge on any atom is -0.367 e. The highest BCUT2D eigenvalue weighted by Gasteiger charge is 2.30. The molecule has 8 nitrogen and oxygen atoms in total. The molecule has 2 heterocycles. The Bertz CT molecular complexity index is 1330. The van der Waals surface area contributed by atoms with Crippen molar-refractivity contribution in [2.45, 2.75) is 20.8 Å². The number of nitro benzene ring substituents is 1. The van der Waals surface area contributed by atoms with Gasteiger partial charge in [0.1, 0.15) is 9.58 Å². The van der Waals surface area contributed by atoms with Crippen LogP contribution in [0.3, 0.4) is 0 Å². The monoisotopic (exact) mass is 534 g/mol. The lowest BCUT2D eigenvalue weighted by molar-refractivity contribution is -0.382. The van der Waals surface area contributed by atoms with Crippen LogP contribution in [0.5, 0.6) is 0 Å². The van der Waals surface area contributed by atoms with E-state index in [1.54, 1.807) is 18.2 Å². The summed E-state index contributed by atoms with van der Waals surface area (Å²) in [4.78, 5) is 40.5. The van der Waals surface area contributed by atoms with Gasteiger partial charge in [-0.05, 0) is 18.2 Å². The Morgan fingerprint density at radius 2 is 1.77 bits per heavy atom. The van der Waals surface area contributed by atoms with Gasteiger partial charge in [-0.25, -0.2) is 0 Å². The lowest BCUT2D eigenvalue weighted by atomic mass is 9.94. The first-order valence-corrected chi connectivity index (χ1v) is 12.5. The molecule has 11 heteroatoms. The molecule has 1 aliphatic heterocycles. The van der Waals surface area contributed by atoms with Gasteiger partial charge >= 0.3 is 0 Å². The smallest absolute Gasteiger partial charge is 0.287 e. The van der Waals surface area contributed by atoms with Crippen molar-refractivity contribution in [2.75, 3.05) is 36.4 Å². The zero-order valence-electron chi connectivity index (χ0n) is 19.4. The second-order valence-electron chi connectivity index (χ2n) is 9.31. The van der Waals surface area contributed by atoms with Gasteiger partial charge in [-0.3, -0.25) is 19.7 Å². The molecule has 4 rings (SSSR count). The topological polar surface area (TPSA) is 95.8 Å². The molecule has 1 N–H and O–H groups in total. The molecule has 2 aromatic carbocycles. The Morgan fingerprint density at radius 1 is 1.09 bits per heavy atom. The molecule has 0 aliphatic carbocycles. The fourth-order valence-corrected chi connectivity index (χ4v) is 5.81. The molecule has 1 aromatic heterocycles. The predicted molar refractivity (Wildman–Crippen MR) is 141 cm³/mol. The number of amides is 2. The second kappa shape index (κ2) is 9.64. The average Bonchev–Trinajstić information content (AvgIpc) is 3.15. The maximum atomic E-state index is 12.9. The van der Waals surface area contributed by atoms with Crippen LogP contribution in [0.2, 0.25) is 10.0 Å². The lowest BCUT2D eigenvalue weighted by Gasteiger charge is -2.39. The number of hydrogen-bond acceptors (Lipinski definition) is 6. The van der Waals surface area contributed by atoms with Crippen LogP contribution >= 0.6 is 34.5 Å². The number of carbonyl (C=O) groups is 2. The molecule has 1 saturated heterocycles. The van der Waals surface area contributed by atoms with Crippen molar-refractivity contribution < 1.29 is 14.5 Å². The van der Waals surface area contributed by atoms with Crippen LogP contribution in [0.1, 0.15) is 30.4 Å². The van der Waals surface area contributed by atoms with Gasteiger partial charge < -0.3 is 15.1 Å². The molecule has 0 unspecified atom stereocenters. The van der Waals surface area contributed by atoms with Crippen molar-refractivity contribution in [3.63, 3.8) is 0 Å². The number of benzene rings is 2. The molecular weight excluding hydrogens is 511 g/mol.